The van der Waals surface area contributed by atoms with Gasteiger partial charge < -0.3 is 14.6 Å². The lowest BCUT2D eigenvalue weighted by Gasteiger charge is -2.05. The second kappa shape index (κ2) is 6.47. The zero-order valence-electron chi connectivity index (χ0n) is 11.6. The van der Waals surface area contributed by atoms with E-state index in [9.17, 15) is 9.59 Å². The summed E-state index contributed by atoms with van der Waals surface area (Å²) in [6.07, 6.45) is 2.75. The second-order valence-electron chi connectivity index (χ2n) is 4.31. The van der Waals surface area contributed by atoms with E-state index in [1.54, 1.807) is 24.3 Å². The van der Waals surface area contributed by atoms with Crippen LogP contribution >= 0.6 is 0 Å². The Balaban J connectivity index is 1.55. The third-order valence-corrected chi connectivity index (χ3v) is 2.76. The summed E-state index contributed by atoms with van der Waals surface area (Å²) in [6.45, 7) is -0.430. The number of ether oxygens (including phenoxy) is 1. The van der Waals surface area contributed by atoms with E-state index >= 15 is 0 Å². The molecule has 0 radical (unpaired) electrons. The van der Waals surface area contributed by atoms with Crippen LogP contribution in [0.2, 0.25) is 0 Å². The van der Waals surface area contributed by atoms with E-state index < -0.39 is 18.5 Å². The topological polar surface area (TPSA) is 125 Å². The average Bonchev–Trinajstić information content (AvgIpc) is 3.26. The Morgan fingerprint density at radius 3 is 2.70 bits per heavy atom. The SMILES string of the molecule is O=C(COC(=O)c1ccc(-n2cnnn2)cc1)Nc1ccon1. The number of hydrogen-bond donors (Lipinski definition) is 1. The maximum atomic E-state index is 11.9. The Labute approximate surface area is 129 Å². The first kappa shape index (κ1) is 14.4. The van der Waals surface area contributed by atoms with Crippen LogP contribution in [-0.2, 0) is 9.53 Å². The van der Waals surface area contributed by atoms with Crippen LogP contribution < -0.4 is 5.32 Å². The number of esters is 1. The van der Waals surface area contributed by atoms with E-state index in [-0.39, 0.29) is 5.82 Å². The number of hydrogen-bond acceptors (Lipinski definition) is 8. The number of tetrazole rings is 1. The Kier molecular flexibility index (Phi) is 4.05. The van der Waals surface area contributed by atoms with Gasteiger partial charge in [0.2, 0.25) is 0 Å². The molecule has 0 aliphatic rings. The summed E-state index contributed by atoms with van der Waals surface area (Å²) >= 11 is 0. The Morgan fingerprint density at radius 2 is 2.04 bits per heavy atom. The zero-order valence-corrected chi connectivity index (χ0v) is 11.6. The van der Waals surface area contributed by atoms with Crippen LogP contribution in [0.25, 0.3) is 5.69 Å². The number of rotatable bonds is 5. The number of benzene rings is 1. The summed E-state index contributed by atoms with van der Waals surface area (Å²) in [5, 5.41) is 16.7. The van der Waals surface area contributed by atoms with Crippen molar-refractivity contribution in [3.8, 4) is 5.69 Å². The summed E-state index contributed by atoms with van der Waals surface area (Å²) in [4.78, 5) is 23.4. The molecule has 10 nitrogen and oxygen atoms in total. The lowest BCUT2D eigenvalue weighted by molar-refractivity contribution is -0.119. The van der Waals surface area contributed by atoms with Crippen molar-refractivity contribution in [3.05, 3.63) is 48.5 Å². The van der Waals surface area contributed by atoms with E-state index in [0.29, 0.717) is 11.3 Å². The molecule has 0 bridgehead atoms. The first-order chi connectivity index (χ1) is 11.2. The second-order valence-corrected chi connectivity index (χ2v) is 4.31. The predicted octanol–water partition coefficient (Wildman–Crippen LogP) is 0.446. The van der Waals surface area contributed by atoms with Crippen molar-refractivity contribution in [1.82, 2.24) is 25.4 Å². The fourth-order valence-corrected chi connectivity index (χ4v) is 1.70. The molecular formula is C13H10N6O4. The molecule has 0 unspecified atom stereocenters. The molecule has 0 aliphatic carbocycles. The van der Waals surface area contributed by atoms with Gasteiger partial charge in [-0.05, 0) is 34.7 Å². The quantitative estimate of drug-likeness (QED) is 0.673. The van der Waals surface area contributed by atoms with E-state index in [0.717, 1.165) is 0 Å². The van der Waals surface area contributed by atoms with E-state index in [1.807, 2.05) is 0 Å². The summed E-state index contributed by atoms with van der Waals surface area (Å²) in [7, 11) is 0. The lowest BCUT2D eigenvalue weighted by Crippen LogP contribution is -2.21. The number of nitrogens with one attached hydrogen (secondary N) is 1. The van der Waals surface area contributed by atoms with Gasteiger partial charge in [-0.15, -0.1) is 5.10 Å². The molecule has 0 aliphatic heterocycles. The van der Waals surface area contributed by atoms with Gasteiger partial charge in [0.1, 0.15) is 12.6 Å². The first-order valence-electron chi connectivity index (χ1n) is 6.43. The van der Waals surface area contributed by atoms with Gasteiger partial charge in [-0.25, -0.2) is 9.48 Å². The van der Waals surface area contributed by atoms with Crippen molar-refractivity contribution < 1.29 is 18.8 Å². The molecule has 0 saturated carbocycles. The van der Waals surface area contributed by atoms with Gasteiger partial charge in [0.25, 0.3) is 5.91 Å². The van der Waals surface area contributed by atoms with Crippen LogP contribution in [0.1, 0.15) is 10.4 Å². The van der Waals surface area contributed by atoms with Gasteiger partial charge in [0.15, 0.2) is 12.4 Å². The van der Waals surface area contributed by atoms with Gasteiger partial charge in [-0.2, -0.15) is 0 Å². The molecule has 0 atom stereocenters. The highest BCUT2D eigenvalue weighted by Gasteiger charge is 2.11. The fourth-order valence-electron chi connectivity index (χ4n) is 1.70. The van der Waals surface area contributed by atoms with Gasteiger partial charge in [0.05, 0.1) is 11.3 Å². The Hall–Kier alpha value is -3.56. The van der Waals surface area contributed by atoms with Crippen molar-refractivity contribution in [2.75, 3.05) is 11.9 Å². The minimum absolute atomic E-state index is 0.247. The third-order valence-electron chi connectivity index (χ3n) is 2.76. The Bertz CT molecular complexity index is 783. The van der Waals surface area contributed by atoms with E-state index in [2.05, 4.69) is 30.5 Å². The molecule has 116 valence electrons. The number of amides is 1. The van der Waals surface area contributed by atoms with E-state index in [1.165, 1.54) is 23.3 Å². The van der Waals surface area contributed by atoms with Crippen LogP contribution in [0.15, 0.2) is 47.4 Å². The van der Waals surface area contributed by atoms with Crippen molar-refractivity contribution in [3.63, 3.8) is 0 Å². The third kappa shape index (κ3) is 3.56. The molecule has 0 fully saturated rings. The number of anilines is 1. The molecule has 10 heteroatoms. The Morgan fingerprint density at radius 1 is 1.22 bits per heavy atom. The normalized spacial score (nSPS) is 10.3. The fraction of sp³-hybridized carbons (Fsp3) is 0.0769. The van der Waals surface area contributed by atoms with Crippen LogP contribution in [-0.4, -0.2) is 43.8 Å². The standard InChI is InChI=1S/C13H10N6O4/c20-12(15-11-5-6-23-16-11)7-22-13(21)9-1-3-10(4-2-9)19-8-14-17-18-19/h1-6,8H,7H2,(H,15,16,20). The van der Waals surface area contributed by atoms with Crippen LogP contribution in [0.3, 0.4) is 0 Å². The predicted molar refractivity (Wildman–Crippen MR) is 74.6 cm³/mol. The molecule has 0 saturated heterocycles. The van der Waals surface area contributed by atoms with Crippen molar-refractivity contribution in [1.29, 1.82) is 0 Å². The molecular weight excluding hydrogens is 304 g/mol. The van der Waals surface area contributed by atoms with Crippen LogP contribution in [0.4, 0.5) is 5.82 Å². The number of aromatic nitrogens is 5. The van der Waals surface area contributed by atoms with Crippen molar-refractivity contribution in [2.45, 2.75) is 0 Å². The minimum atomic E-state index is -0.622. The average molecular weight is 314 g/mol. The summed E-state index contributed by atoms with van der Waals surface area (Å²) in [5.41, 5.74) is 0.992. The summed E-state index contributed by atoms with van der Waals surface area (Å²) in [6, 6.07) is 7.88. The largest absolute Gasteiger partial charge is 0.452 e. The van der Waals surface area contributed by atoms with Crippen molar-refractivity contribution >= 4 is 17.7 Å². The maximum absolute atomic E-state index is 11.9. The number of nitrogens with zero attached hydrogens (tertiary/aromatic N) is 5. The molecule has 2 heterocycles. The van der Waals surface area contributed by atoms with Crippen LogP contribution in [0, 0.1) is 0 Å². The molecule has 3 aromatic rings. The first-order valence-corrected chi connectivity index (χ1v) is 6.43. The lowest BCUT2D eigenvalue weighted by atomic mass is 10.2. The van der Waals surface area contributed by atoms with Gasteiger partial charge in [-0.1, -0.05) is 5.16 Å². The minimum Gasteiger partial charge on any atom is -0.452 e. The van der Waals surface area contributed by atoms with Gasteiger partial charge in [-0.3, -0.25) is 4.79 Å². The highest BCUT2D eigenvalue weighted by molar-refractivity contribution is 5.95. The van der Waals surface area contributed by atoms with Gasteiger partial charge >= 0.3 is 5.97 Å². The van der Waals surface area contributed by atoms with Crippen LogP contribution in [0.5, 0.6) is 0 Å². The molecule has 23 heavy (non-hydrogen) atoms. The molecule has 1 aromatic carbocycles. The molecule has 2 aromatic heterocycles. The van der Waals surface area contributed by atoms with Crippen molar-refractivity contribution in [2.24, 2.45) is 0 Å². The molecule has 1 N–H and O–H groups in total. The number of carbonyl (C=O) groups excluding carboxylic acids is 2. The molecule has 0 spiro atoms. The maximum Gasteiger partial charge on any atom is 0.338 e. The molecule has 3 rings (SSSR count). The zero-order chi connectivity index (χ0) is 16.1. The summed E-state index contributed by atoms with van der Waals surface area (Å²) < 4.78 is 10.9. The van der Waals surface area contributed by atoms with E-state index in [4.69, 9.17) is 4.74 Å². The summed E-state index contributed by atoms with van der Waals surface area (Å²) in [5.74, 6) is -0.891. The highest BCUT2D eigenvalue weighted by Crippen LogP contribution is 2.09. The monoisotopic (exact) mass is 314 g/mol. The smallest absolute Gasteiger partial charge is 0.338 e. The molecule has 1 amide bonds. The highest BCUT2D eigenvalue weighted by atomic mass is 16.5. The van der Waals surface area contributed by atoms with Gasteiger partial charge in [0, 0.05) is 6.07 Å². The number of carbonyl (C=O) groups is 2.